The number of rotatable bonds is 8. The number of aromatic nitrogens is 2. The number of aromatic amines is 1. The Morgan fingerprint density at radius 1 is 1.08 bits per heavy atom. The number of amides is 3. The first kappa shape index (κ1) is 26.3. The maximum absolute atomic E-state index is 13.2. The number of nitrogens with zero attached hydrogens (tertiary/aromatic N) is 2. The molecule has 194 valence electrons. The third-order valence-corrected chi connectivity index (χ3v) is 6.16. The monoisotopic (exact) mass is 528 g/mol. The van der Waals surface area contributed by atoms with Gasteiger partial charge in [0.1, 0.15) is 11.5 Å². The summed E-state index contributed by atoms with van der Waals surface area (Å²) in [5, 5.41) is 17.8. The molecule has 2 aromatic carbocycles. The van der Waals surface area contributed by atoms with E-state index in [1.54, 1.807) is 24.3 Å². The van der Waals surface area contributed by atoms with Crippen LogP contribution in [0.25, 0.3) is 0 Å². The Morgan fingerprint density at radius 3 is 2.46 bits per heavy atom. The van der Waals surface area contributed by atoms with Crippen LogP contribution in [0.3, 0.4) is 0 Å². The number of carbonyl (C=O) groups excluding carboxylic acids is 3. The average molecular weight is 529 g/mol. The van der Waals surface area contributed by atoms with Crippen molar-refractivity contribution in [3.8, 4) is 0 Å². The molecular weight excluding hydrogens is 503 g/mol. The summed E-state index contributed by atoms with van der Waals surface area (Å²) in [5.41, 5.74) is 0.953. The van der Waals surface area contributed by atoms with Crippen molar-refractivity contribution in [1.82, 2.24) is 20.2 Å². The largest absolute Gasteiger partial charge is 0.392 e. The quantitative estimate of drug-likeness (QED) is 0.304. The first-order chi connectivity index (χ1) is 17.8. The summed E-state index contributed by atoms with van der Waals surface area (Å²) in [7, 11) is 0. The molecule has 0 radical (unpaired) electrons. The van der Waals surface area contributed by atoms with Crippen molar-refractivity contribution in [2.75, 3.05) is 36.8 Å². The summed E-state index contributed by atoms with van der Waals surface area (Å²) in [4.78, 5) is 46.5. The number of likely N-dealkylation sites (tertiary alicyclic amines) is 1. The number of benzene rings is 2. The van der Waals surface area contributed by atoms with Gasteiger partial charge in [-0.3, -0.25) is 19.3 Å². The summed E-state index contributed by atoms with van der Waals surface area (Å²) in [5.74, 6) is -2.10. The number of aliphatic hydroxyl groups is 1. The zero-order valence-electron chi connectivity index (χ0n) is 19.8. The Morgan fingerprint density at radius 2 is 1.78 bits per heavy atom. The highest BCUT2D eigenvalue weighted by atomic mass is 35.5. The summed E-state index contributed by atoms with van der Waals surface area (Å²) in [6.45, 7) is 2.40. The number of H-pyrrole nitrogens is 1. The van der Waals surface area contributed by atoms with Crippen LogP contribution < -0.4 is 16.0 Å². The molecule has 0 bridgehead atoms. The van der Waals surface area contributed by atoms with Crippen LogP contribution in [0.2, 0.25) is 5.02 Å². The Kier molecular flexibility index (Phi) is 8.49. The van der Waals surface area contributed by atoms with Crippen molar-refractivity contribution >= 4 is 40.7 Å². The van der Waals surface area contributed by atoms with Gasteiger partial charge in [-0.05, 0) is 61.9 Å². The number of hydrogen-bond donors (Lipinski definition) is 5. The predicted octanol–water partition coefficient (Wildman–Crippen LogP) is 2.89. The maximum Gasteiger partial charge on any atom is 0.276 e. The molecular formula is C25H26ClFN6O4. The van der Waals surface area contributed by atoms with Gasteiger partial charge in [0.05, 0.1) is 23.0 Å². The Labute approximate surface area is 217 Å². The van der Waals surface area contributed by atoms with E-state index in [0.717, 1.165) is 31.5 Å². The number of β-amino-alcohol motifs (C(OH)–C–C–N with tert-alkyl or cyclic N) is 1. The second-order valence-corrected chi connectivity index (χ2v) is 9.00. The molecule has 1 aliphatic rings. The molecule has 1 aromatic heterocycles. The van der Waals surface area contributed by atoms with Crippen molar-refractivity contribution < 1.29 is 23.9 Å². The molecule has 10 nitrogen and oxygen atoms in total. The lowest BCUT2D eigenvalue weighted by atomic mass is 10.1. The summed E-state index contributed by atoms with van der Waals surface area (Å²) < 4.78 is 13.2. The minimum Gasteiger partial charge on any atom is -0.392 e. The van der Waals surface area contributed by atoms with Crippen LogP contribution in [0.15, 0.2) is 48.8 Å². The van der Waals surface area contributed by atoms with Gasteiger partial charge in [-0.1, -0.05) is 11.6 Å². The van der Waals surface area contributed by atoms with Crippen LogP contribution in [0.5, 0.6) is 0 Å². The van der Waals surface area contributed by atoms with Gasteiger partial charge < -0.3 is 26.0 Å². The molecule has 1 aliphatic heterocycles. The average Bonchev–Trinajstić information content (AvgIpc) is 3.36. The van der Waals surface area contributed by atoms with Crippen molar-refractivity contribution in [2.45, 2.75) is 18.9 Å². The fourth-order valence-corrected chi connectivity index (χ4v) is 4.24. The first-order valence-electron chi connectivity index (χ1n) is 11.7. The first-order valence-corrected chi connectivity index (χ1v) is 12.1. The molecule has 0 aliphatic carbocycles. The standard InChI is InChI=1S/C25H26ClFN6O4/c26-20-12-15(27)3-8-19(20)23(35)31-16-4-6-17(7-5-16)32-25(37)22-21(29-14-30-22)24(36)28-9-11-33-10-1-2-18(34)13-33/h3-8,12,14,18,34H,1-2,9-11,13H2,(H,28,36)(H,29,30)(H,31,35)(H,32,37)/t18-/m1/s1. The molecule has 3 amide bonds. The summed E-state index contributed by atoms with van der Waals surface area (Å²) in [6, 6.07) is 9.76. The number of halogens is 2. The van der Waals surface area contributed by atoms with Gasteiger partial charge in [0, 0.05) is 31.0 Å². The predicted molar refractivity (Wildman–Crippen MR) is 136 cm³/mol. The van der Waals surface area contributed by atoms with E-state index in [2.05, 4.69) is 30.8 Å². The van der Waals surface area contributed by atoms with Gasteiger partial charge in [-0.25, -0.2) is 9.37 Å². The molecule has 37 heavy (non-hydrogen) atoms. The molecule has 12 heteroatoms. The minimum atomic E-state index is -0.583. The van der Waals surface area contributed by atoms with Crippen molar-refractivity contribution in [3.63, 3.8) is 0 Å². The van der Waals surface area contributed by atoms with Crippen LogP contribution in [-0.2, 0) is 0 Å². The van der Waals surface area contributed by atoms with E-state index >= 15 is 0 Å². The molecule has 4 rings (SSSR count). The number of aliphatic hydroxyl groups excluding tert-OH is 1. The highest BCUT2D eigenvalue weighted by Crippen LogP contribution is 2.20. The van der Waals surface area contributed by atoms with Crippen molar-refractivity contribution in [3.05, 3.63) is 76.6 Å². The highest BCUT2D eigenvalue weighted by Gasteiger charge is 2.22. The Hall–Kier alpha value is -3.80. The molecule has 3 aromatic rings. The second-order valence-electron chi connectivity index (χ2n) is 8.59. The molecule has 1 fully saturated rings. The maximum atomic E-state index is 13.2. The van der Waals surface area contributed by atoms with E-state index in [0.29, 0.717) is 31.0 Å². The molecule has 1 atom stereocenters. The lowest BCUT2D eigenvalue weighted by molar-refractivity contribution is 0.0702. The van der Waals surface area contributed by atoms with Gasteiger partial charge >= 0.3 is 0 Å². The van der Waals surface area contributed by atoms with Crippen LogP contribution in [0, 0.1) is 5.82 Å². The van der Waals surface area contributed by atoms with Crippen molar-refractivity contribution in [2.24, 2.45) is 0 Å². The van der Waals surface area contributed by atoms with Crippen LogP contribution >= 0.6 is 11.6 Å². The zero-order chi connectivity index (χ0) is 26.4. The number of anilines is 2. The van der Waals surface area contributed by atoms with Crippen LogP contribution in [0.4, 0.5) is 15.8 Å². The summed E-state index contributed by atoms with van der Waals surface area (Å²) in [6.07, 6.45) is 2.63. The lowest BCUT2D eigenvalue weighted by Gasteiger charge is -2.29. The van der Waals surface area contributed by atoms with E-state index < -0.39 is 23.5 Å². The van der Waals surface area contributed by atoms with Gasteiger partial charge in [0.25, 0.3) is 17.7 Å². The third kappa shape index (κ3) is 6.91. The number of carbonyl (C=O) groups is 3. The van der Waals surface area contributed by atoms with E-state index in [1.807, 2.05) is 0 Å². The second kappa shape index (κ2) is 12.0. The van der Waals surface area contributed by atoms with Crippen LogP contribution in [0.1, 0.15) is 44.2 Å². The molecule has 1 saturated heterocycles. The minimum absolute atomic E-state index is 0.00878. The van der Waals surface area contributed by atoms with Gasteiger partial charge in [0.2, 0.25) is 0 Å². The van der Waals surface area contributed by atoms with Gasteiger partial charge in [-0.2, -0.15) is 0 Å². The van der Waals surface area contributed by atoms with E-state index in [-0.39, 0.29) is 28.1 Å². The number of piperidine rings is 1. The van der Waals surface area contributed by atoms with Gasteiger partial charge in [-0.15, -0.1) is 0 Å². The van der Waals surface area contributed by atoms with E-state index in [4.69, 9.17) is 11.6 Å². The van der Waals surface area contributed by atoms with E-state index in [9.17, 15) is 23.9 Å². The lowest BCUT2D eigenvalue weighted by Crippen LogP contribution is -2.42. The number of imidazole rings is 1. The number of hydrogen-bond acceptors (Lipinski definition) is 6. The van der Waals surface area contributed by atoms with Crippen molar-refractivity contribution in [1.29, 1.82) is 0 Å². The van der Waals surface area contributed by atoms with Gasteiger partial charge in [0.15, 0.2) is 5.69 Å². The fraction of sp³-hybridized carbons (Fsp3) is 0.280. The number of nitrogens with one attached hydrogen (secondary N) is 4. The fourth-order valence-electron chi connectivity index (χ4n) is 3.99. The zero-order valence-corrected chi connectivity index (χ0v) is 20.5. The normalized spacial score (nSPS) is 15.7. The summed E-state index contributed by atoms with van der Waals surface area (Å²) >= 11 is 5.93. The third-order valence-electron chi connectivity index (χ3n) is 5.85. The van der Waals surface area contributed by atoms with Crippen LogP contribution in [-0.4, -0.2) is 70.0 Å². The highest BCUT2D eigenvalue weighted by molar-refractivity contribution is 6.34. The Balaban J connectivity index is 1.31. The molecule has 2 heterocycles. The molecule has 5 N–H and O–H groups in total. The topological polar surface area (TPSA) is 139 Å². The Bertz CT molecular complexity index is 1280. The smallest absolute Gasteiger partial charge is 0.276 e. The SMILES string of the molecule is O=C(Nc1ccc(NC(=O)c2nc[nH]c2C(=O)NCCN2CCC[C@@H](O)C2)cc1)c1ccc(F)cc1Cl. The molecule has 0 spiro atoms. The van der Waals surface area contributed by atoms with E-state index in [1.165, 1.54) is 12.4 Å². The molecule has 0 unspecified atom stereocenters. The molecule has 0 saturated carbocycles.